The minimum Gasteiger partial charge on any atom is -0.346 e. The zero-order chi connectivity index (χ0) is 20.9. The fourth-order valence-corrected chi connectivity index (χ4v) is 2.47. The number of nitrogens with zero attached hydrogens (tertiary/aromatic N) is 1. The number of hydrogen-bond donors (Lipinski definition) is 1. The van der Waals surface area contributed by atoms with Gasteiger partial charge in [-0.05, 0) is 32.6 Å². The van der Waals surface area contributed by atoms with Crippen LogP contribution in [0.5, 0.6) is 0 Å². The van der Waals surface area contributed by atoms with E-state index in [0.29, 0.717) is 0 Å². The molecule has 26 heavy (non-hydrogen) atoms. The molecule has 0 aromatic carbocycles. The summed E-state index contributed by atoms with van der Waals surface area (Å²) < 4.78 is 38.7. The van der Waals surface area contributed by atoms with Crippen LogP contribution in [0, 0.1) is 11.8 Å². The molecule has 0 fully saturated rings. The van der Waals surface area contributed by atoms with Crippen LogP contribution in [0.25, 0.3) is 0 Å². The lowest BCUT2D eigenvalue weighted by Crippen LogP contribution is -2.53. The highest BCUT2D eigenvalue weighted by atomic mass is 19.4. The van der Waals surface area contributed by atoms with Crippen molar-refractivity contribution in [2.75, 3.05) is 0 Å². The van der Waals surface area contributed by atoms with Crippen LogP contribution in [0.15, 0.2) is 0 Å². The minimum absolute atomic E-state index is 0.0186. The van der Waals surface area contributed by atoms with E-state index in [9.17, 15) is 27.6 Å². The van der Waals surface area contributed by atoms with E-state index in [2.05, 4.69) is 5.32 Å². The van der Waals surface area contributed by atoms with Gasteiger partial charge in [0.1, 0.15) is 6.04 Å². The van der Waals surface area contributed by atoms with Crippen molar-refractivity contribution in [2.24, 2.45) is 11.8 Å². The van der Waals surface area contributed by atoms with Crippen molar-refractivity contribution in [2.45, 2.75) is 78.7 Å². The Bertz CT molecular complexity index is 491. The van der Waals surface area contributed by atoms with E-state index < -0.39 is 42.0 Å². The number of hydrogen-bond acceptors (Lipinski definition) is 4. The first-order valence-corrected chi connectivity index (χ1v) is 8.43. The van der Waals surface area contributed by atoms with Gasteiger partial charge in [-0.15, -0.1) is 0 Å². The molecule has 0 aromatic rings. The van der Waals surface area contributed by atoms with Crippen molar-refractivity contribution >= 4 is 18.1 Å². The van der Waals surface area contributed by atoms with Gasteiger partial charge in [0.15, 0.2) is 0 Å². The molecule has 9 heteroatoms. The number of amides is 2. The third kappa shape index (κ3) is 8.64. The van der Waals surface area contributed by atoms with Gasteiger partial charge in [-0.1, -0.05) is 27.7 Å². The molecule has 0 aliphatic rings. The second-order valence-corrected chi connectivity index (χ2v) is 7.86. The molecule has 0 spiro atoms. The Morgan fingerprint density at radius 3 is 1.85 bits per heavy atom. The lowest BCUT2D eigenvalue weighted by molar-refractivity contribution is -0.244. The van der Waals surface area contributed by atoms with Crippen molar-refractivity contribution in [3.05, 3.63) is 0 Å². The first-order chi connectivity index (χ1) is 11.6. The van der Waals surface area contributed by atoms with Gasteiger partial charge in [0.05, 0.1) is 12.0 Å². The standard InChI is InChI=1S/C17H29F3N2O4/c1-10(2)13(11(3)4)21-15(25)14(24)12(8-17(18,19)20)22(9-23)26-16(5,6)7/h9-13H,8H2,1-7H3,(H,21,25). The number of halogens is 3. The number of rotatable bonds is 9. The normalized spacial score (nSPS) is 13.9. The van der Waals surface area contributed by atoms with Crippen molar-refractivity contribution in [1.82, 2.24) is 10.4 Å². The molecular formula is C17H29F3N2O4. The summed E-state index contributed by atoms with van der Waals surface area (Å²) in [5, 5.41) is 2.74. The SMILES string of the molecule is CC(C)C(NC(=O)C(=O)C(CC(F)(F)F)N(C=O)OC(C)(C)C)C(C)C. The highest BCUT2D eigenvalue weighted by Crippen LogP contribution is 2.26. The van der Waals surface area contributed by atoms with Gasteiger partial charge in [0.2, 0.25) is 12.2 Å². The molecule has 0 bridgehead atoms. The predicted octanol–water partition coefficient (Wildman–Crippen LogP) is 2.86. The maximum absolute atomic E-state index is 12.9. The number of alkyl halides is 3. The Labute approximate surface area is 152 Å². The van der Waals surface area contributed by atoms with E-state index in [0.717, 1.165) is 0 Å². The molecule has 0 saturated heterocycles. The van der Waals surface area contributed by atoms with Gasteiger partial charge in [0, 0.05) is 6.04 Å². The Hall–Kier alpha value is -1.64. The van der Waals surface area contributed by atoms with E-state index >= 15 is 0 Å². The van der Waals surface area contributed by atoms with Crippen LogP contribution >= 0.6 is 0 Å². The average molecular weight is 382 g/mol. The van der Waals surface area contributed by atoms with Gasteiger partial charge < -0.3 is 5.32 Å². The fraction of sp³-hybridized carbons (Fsp3) is 0.824. The second-order valence-electron chi connectivity index (χ2n) is 7.86. The quantitative estimate of drug-likeness (QED) is 0.378. The van der Waals surface area contributed by atoms with Gasteiger partial charge in [-0.2, -0.15) is 13.2 Å². The van der Waals surface area contributed by atoms with Gasteiger partial charge in [0.25, 0.3) is 5.91 Å². The van der Waals surface area contributed by atoms with E-state index in [1.54, 1.807) is 0 Å². The zero-order valence-electron chi connectivity index (χ0n) is 16.3. The third-order valence-electron chi connectivity index (χ3n) is 3.48. The van der Waals surface area contributed by atoms with E-state index in [4.69, 9.17) is 4.84 Å². The lowest BCUT2D eigenvalue weighted by atomic mass is 9.93. The zero-order valence-corrected chi connectivity index (χ0v) is 16.3. The van der Waals surface area contributed by atoms with Gasteiger partial charge in [-0.25, -0.2) is 5.06 Å². The summed E-state index contributed by atoms with van der Waals surface area (Å²) in [6.07, 6.45) is -6.46. The van der Waals surface area contributed by atoms with Crippen LogP contribution in [-0.2, 0) is 19.2 Å². The first kappa shape index (κ1) is 24.4. The number of hydroxylamine groups is 2. The Morgan fingerprint density at radius 1 is 1.08 bits per heavy atom. The van der Waals surface area contributed by atoms with Crippen LogP contribution in [0.1, 0.15) is 54.9 Å². The molecule has 0 aliphatic heterocycles. The highest BCUT2D eigenvalue weighted by molar-refractivity contribution is 6.38. The van der Waals surface area contributed by atoms with Gasteiger partial charge >= 0.3 is 6.18 Å². The summed E-state index contributed by atoms with van der Waals surface area (Å²) in [4.78, 5) is 41.0. The van der Waals surface area contributed by atoms with Crippen LogP contribution < -0.4 is 5.32 Å². The van der Waals surface area contributed by atoms with Crippen LogP contribution in [0.3, 0.4) is 0 Å². The maximum atomic E-state index is 12.9. The number of carbonyl (C=O) groups is 3. The Kier molecular flexibility index (Phi) is 8.75. The summed E-state index contributed by atoms with van der Waals surface area (Å²) in [6.45, 7) is 11.8. The number of carbonyl (C=O) groups excluding carboxylic acids is 3. The largest absolute Gasteiger partial charge is 0.391 e. The van der Waals surface area contributed by atoms with E-state index in [1.807, 2.05) is 27.7 Å². The molecular weight excluding hydrogens is 353 g/mol. The Balaban J connectivity index is 5.56. The molecule has 0 heterocycles. The smallest absolute Gasteiger partial charge is 0.346 e. The number of nitrogens with one attached hydrogen (secondary N) is 1. The number of Topliss-reactive ketones (excluding diaryl/α,β-unsaturated/α-hetero) is 1. The fourth-order valence-electron chi connectivity index (χ4n) is 2.47. The maximum Gasteiger partial charge on any atom is 0.391 e. The Morgan fingerprint density at radius 2 is 1.54 bits per heavy atom. The lowest BCUT2D eigenvalue weighted by Gasteiger charge is -2.33. The second kappa shape index (κ2) is 9.34. The summed E-state index contributed by atoms with van der Waals surface area (Å²) in [5.74, 6) is -2.59. The molecule has 1 atom stereocenters. The minimum atomic E-state index is -4.77. The van der Waals surface area contributed by atoms with Gasteiger partial charge in [-0.3, -0.25) is 19.2 Å². The molecule has 0 rings (SSSR count). The van der Waals surface area contributed by atoms with Crippen molar-refractivity contribution in [3.8, 4) is 0 Å². The highest BCUT2D eigenvalue weighted by Gasteiger charge is 2.43. The van der Waals surface area contributed by atoms with Crippen LogP contribution in [-0.4, -0.2) is 47.0 Å². The van der Waals surface area contributed by atoms with Crippen molar-refractivity contribution in [1.29, 1.82) is 0 Å². The predicted molar refractivity (Wildman–Crippen MR) is 89.8 cm³/mol. The summed E-state index contributed by atoms with van der Waals surface area (Å²) in [5.41, 5.74) is -1.03. The molecule has 0 radical (unpaired) electrons. The average Bonchev–Trinajstić information content (AvgIpc) is 2.44. The molecule has 152 valence electrons. The van der Waals surface area contributed by atoms with Crippen LogP contribution in [0.4, 0.5) is 13.2 Å². The summed E-state index contributed by atoms with van der Waals surface area (Å²) in [7, 11) is 0. The first-order valence-electron chi connectivity index (χ1n) is 8.43. The molecule has 0 aromatic heterocycles. The molecule has 1 unspecified atom stereocenters. The van der Waals surface area contributed by atoms with E-state index in [1.165, 1.54) is 20.8 Å². The monoisotopic (exact) mass is 382 g/mol. The van der Waals surface area contributed by atoms with Crippen LogP contribution in [0.2, 0.25) is 0 Å². The van der Waals surface area contributed by atoms with Crippen molar-refractivity contribution < 1.29 is 32.4 Å². The molecule has 1 N–H and O–H groups in total. The molecule has 2 amide bonds. The third-order valence-corrected chi connectivity index (χ3v) is 3.48. The number of ketones is 1. The molecule has 0 saturated carbocycles. The molecule has 6 nitrogen and oxygen atoms in total. The summed E-state index contributed by atoms with van der Waals surface area (Å²) in [6, 6.07) is -2.49. The van der Waals surface area contributed by atoms with E-state index in [-0.39, 0.29) is 23.3 Å². The molecule has 0 aliphatic carbocycles. The topological polar surface area (TPSA) is 75.7 Å². The van der Waals surface area contributed by atoms with Crippen molar-refractivity contribution in [3.63, 3.8) is 0 Å². The summed E-state index contributed by atoms with van der Waals surface area (Å²) >= 11 is 0.